The van der Waals surface area contributed by atoms with Crippen LogP contribution in [0.1, 0.15) is 26.7 Å². The van der Waals surface area contributed by atoms with Crippen molar-refractivity contribution in [3.8, 4) is 17.6 Å². The SMILES string of the molecule is COc1csc(C(=O)C(C#N)c2cc(C)ccc2OC)c1. The summed E-state index contributed by atoms with van der Waals surface area (Å²) in [6.45, 7) is 1.91. The highest BCUT2D eigenvalue weighted by Crippen LogP contribution is 2.32. The Bertz CT molecular complexity index is 700. The number of Topliss-reactive ketones (excluding diaryl/α,β-unsaturated/α-hetero) is 1. The lowest BCUT2D eigenvalue weighted by atomic mass is 9.93. The highest BCUT2D eigenvalue weighted by atomic mass is 32.1. The van der Waals surface area contributed by atoms with Gasteiger partial charge in [-0.25, -0.2) is 0 Å². The fraction of sp³-hybridized carbons (Fsp3) is 0.250. The van der Waals surface area contributed by atoms with Crippen molar-refractivity contribution in [2.45, 2.75) is 12.8 Å². The van der Waals surface area contributed by atoms with Crippen molar-refractivity contribution in [3.63, 3.8) is 0 Å². The zero-order valence-corrected chi connectivity index (χ0v) is 12.9. The average Bonchev–Trinajstić information content (AvgIpc) is 2.97. The third-order valence-corrected chi connectivity index (χ3v) is 4.06. The summed E-state index contributed by atoms with van der Waals surface area (Å²) < 4.78 is 10.3. The maximum Gasteiger partial charge on any atom is 0.194 e. The molecule has 21 heavy (non-hydrogen) atoms. The molecule has 108 valence electrons. The van der Waals surface area contributed by atoms with Gasteiger partial charge in [0, 0.05) is 17.0 Å². The molecule has 5 heteroatoms. The fourth-order valence-corrected chi connectivity index (χ4v) is 2.87. The molecular formula is C16H15NO3S. The summed E-state index contributed by atoms with van der Waals surface area (Å²) in [6, 6.07) is 9.21. The van der Waals surface area contributed by atoms with Crippen LogP contribution in [0.2, 0.25) is 0 Å². The van der Waals surface area contributed by atoms with Gasteiger partial charge in [0.05, 0.1) is 25.2 Å². The van der Waals surface area contributed by atoms with Crippen LogP contribution in [0.25, 0.3) is 0 Å². The second-order valence-corrected chi connectivity index (χ2v) is 5.43. The van der Waals surface area contributed by atoms with Gasteiger partial charge in [0.2, 0.25) is 0 Å². The van der Waals surface area contributed by atoms with Crippen LogP contribution in [0.3, 0.4) is 0 Å². The van der Waals surface area contributed by atoms with Crippen LogP contribution in [-0.2, 0) is 0 Å². The summed E-state index contributed by atoms with van der Waals surface area (Å²) in [5, 5.41) is 11.2. The van der Waals surface area contributed by atoms with Crippen LogP contribution in [0, 0.1) is 18.3 Å². The number of nitriles is 1. The number of ketones is 1. The Morgan fingerprint density at radius 3 is 2.62 bits per heavy atom. The van der Waals surface area contributed by atoms with Crippen molar-refractivity contribution in [2.24, 2.45) is 0 Å². The number of aryl methyl sites for hydroxylation is 1. The van der Waals surface area contributed by atoms with E-state index >= 15 is 0 Å². The lowest BCUT2D eigenvalue weighted by Gasteiger charge is -2.13. The summed E-state index contributed by atoms with van der Waals surface area (Å²) >= 11 is 1.27. The Morgan fingerprint density at radius 2 is 2.05 bits per heavy atom. The number of ether oxygens (including phenoxy) is 2. The molecule has 0 aliphatic rings. The molecule has 1 aromatic heterocycles. The van der Waals surface area contributed by atoms with Gasteiger partial charge in [-0.2, -0.15) is 5.26 Å². The summed E-state index contributed by atoms with van der Waals surface area (Å²) in [4.78, 5) is 13.1. The van der Waals surface area contributed by atoms with Gasteiger partial charge in [-0.15, -0.1) is 11.3 Å². The van der Waals surface area contributed by atoms with E-state index in [9.17, 15) is 10.1 Å². The molecule has 0 aliphatic carbocycles. The molecule has 2 rings (SSSR count). The monoisotopic (exact) mass is 301 g/mol. The van der Waals surface area contributed by atoms with E-state index in [1.54, 1.807) is 24.6 Å². The van der Waals surface area contributed by atoms with Crippen molar-refractivity contribution in [1.29, 1.82) is 5.26 Å². The van der Waals surface area contributed by atoms with Crippen molar-refractivity contribution < 1.29 is 14.3 Å². The highest BCUT2D eigenvalue weighted by molar-refractivity contribution is 7.12. The van der Waals surface area contributed by atoms with E-state index in [0.717, 1.165) is 5.56 Å². The number of benzene rings is 1. The lowest BCUT2D eigenvalue weighted by Crippen LogP contribution is -2.11. The number of hydrogen-bond donors (Lipinski definition) is 0. The standard InChI is InChI=1S/C16H15NO3S/c1-10-4-5-14(20-3)12(6-10)13(8-17)16(18)15-7-11(19-2)9-21-15/h4-7,9,13H,1-3H3. The van der Waals surface area contributed by atoms with Gasteiger partial charge in [0.25, 0.3) is 0 Å². The predicted octanol–water partition coefficient (Wildman–Crippen LogP) is 3.56. The molecule has 0 saturated carbocycles. The number of hydrogen-bond acceptors (Lipinski definition) is 5. The first-order valence-electron chi connectivity index (χ1n) is 6.31. The van der Waals surface area contributed by atoms with Crippen molar-refractivity contribution in [1.82, 2.24) is 0 Å². The largest absolute Gasteiger partial charge is 0.496 e. The highest BCUT2D eigenvalue weighted by Gasteiger charge is 2.26. The number of carbonyl (C=O) groups is 1. The second kappa shape index (κ2) is 6.42. The van der Waals surface area contributed by atoms with E-state index < -0.39 is 5.92 Å². The summed E-state index contributed by atoms with van der Waals surface area (Å²) in [5.41, 5.74) is 1.57. The van der Waals surface area contributed by atoms with Crippen LogP contribution in [0.5, 0.6) is 11.5 Å². The first-order valence-corrected chi connectivity index (χ1v) is 7.19. The average molecular weight is 301 g/mol. The number of thiophene rings is 1. The van der Waals surface area contributed by atoms with Crippen LogP contribution in [0.4, 0.5) is 0 Å². The Kier molecular flexibility index (Phi) is 4.61. The Balaban J connectivity index is 2.42. The van der Waals surface area contributed by atoms with E-state index in [2.05, 4.69) is 6.07 Å². The molecule has 0 saturated heterocycles. The Labute approximate surface area is 127 Å². The minimum Gasteiger partial charge on any atom is -0.496 e. The van der Waals surface area contributed by atoms with Gasteiger partial charge in [-0.3, -0.25) is 4.79 Å². The number of methoxy groups -OCH3 is 2. The zero-order chi connectivity index (χ0) is 15.4. The van der Waals surface area contributed by atoms with Gasteiger partial charge in [0.1, 0.15) is 17.4 Å². The van der Waals surface area contributed by atoms with Gasteiger partial charge < -0.3 is 9.47 Å². The molecule has 0 bridgehead atoms. The van der Waals surface area contributed by atoms with Gasteiger partial charge in [-0.1, -0.05) is 17.7 Å². The molecule has 2 aromatic rings. The Hall–Kier alpha value is -2.32. The second-order valence-electron chi connectivity index (χ2n) is 4.52. The van der Waals surface area contributed by atoms with Crippen LogP contribution >= 0.6 is 11.3 Å². The zero-order valence-electron chi connectivity index (χ0n) is 12.0. The number of nitrogens with zero attached hydrogens (tertiary/aromatic N) is 1. The number of rotatable bonds is 5. The van der Waals surface area contributed by atoms with E-state index in [1.807, 2.05) is 19.1 Å². The van der Waals surface area contributed by atoms with Gasteiger partial charge >= 0.3 is 0 Å². The van der Waals surface area contributed by atoms with Crippen LogP contribution < -0.4 is 9.47 Å². The minimum absolute atomic E-state index is 0.241. The molecule has 0 spiro atoms. The first kappa shape index (κ1) is 15.1. The maximum atomic E-state index is 12.6. The Morgan fingerprint density at radius 1 is 1.29 bits per heavy atom. The molecule has 1 unspecified atom stereocenters. The van der Waals surface area contributed by atoms with Crippen molar-refractivity contribution >= 4 is 17.1 Å². The molecule has 0 fully saturated rings. The third kappa shape index (κ3) is 3.06. The van der Waals surface area contributed by atoms with E-state index in [1.165, 1.54) is 18.4 Å². The molecule has 4 nitrogen and oxygen atoms in total. The van der Waals surface area contributed by atoms with Gasteiger partial charge in [0.15, 0.2) is 5.78 Å². The van der Waals surface area contributed by atoms with Gasteiger partial charge in [-0.05, 0) is 13.0 Å². The fourth-order valence-electron chi connectivity index (χ4n) is 2.05. The van der Waals surface area contributed by atoms with Crippen LogP contribution in [0.15, 0.2) is 29.6 Å². The maximum absolute atomic E-state index is 12.6. The van der Waals surface area contributed by atoms with E-state index in [4.69, 9.17) is 9.47 Å². The molecule has 1 heterocycles. The minimum atomic E-state index is -0.886. The molecule has 0 amide bonds. The van der Waals surface area contributed by atoms with Crippen molar-refractivity contribution in [2.75, 3.05) is 14.2 Å². The normalized spacial score (nSPS) is 11.5. The lowest BCUT2D eigenvalue weighted by molar-refractivity contribution is 0.0981. The smallest absolute Gasteiger partial charge is 0.194 e. The van der Waals surface area contributed by atoms with E-state index in [-0.39, 0.29) is 5.78 Å². The first-order chi connectivity index (χ1) is 10.1. The molecule has 0 aliphatic heterocycles. The third-order valence-electron chi connectivity index (χ3n) is 3.14. The summed E-state index contributed by atoms with van der Waals surface area (Å²) in [6.07, 6.45) is 0. The van der Waals surface area contributed by atoms with Crippen LogP contribution in [-0.4, -0.2) is 20.0 Å². The number of carbonyl (C=O) groups excluding carboxylic acids is 1. The van der Waals surface area contributed by atoms with E-state index in [0.29, 0.717) is 21.9 Å². The molecular weight excluding hydrogens is 286 g/mol. The topological polar surface area (TPSA) is 59.3 Å². The molecule has 0 N–H and O–H groups in total. The summed E-state index contributed by atoms with van der Waals surface area (Å²) in [7, 11) is 3.07. The predicted molar refractivity (Wildman–Crippen MR) is 81.3 cm³/mol. The summed E-state index contributed by atoms with van der Waals surface area (Å²) in [5.74, 6) is 0.0400. The molecule has 0 radical (unpaired) electrons. The molecule has 1 aromatic carbocycles. The van der Waals surface area contributed by atoms with Crippen molar-refractivity contribution in [3.05, 3.63) is 45.6 Å². The quantitative estimate of drug-likeness (QED) is 0.792. The molecule has 1 atom stereocenters.